The number of hydrogen-bond acceptors (Lipinski definition) is 5. The minimum Gasteiger partial charge on any atom is -0.480 e. The van der Waals surface area contributed by atoms with Crippen LogP contribution in [0.2, 0.25) is 0 Å². The van der Waals surface area contributed by atoms with E-state index in [2.05, 4.69) is 10.3 Å². The lowest BCUT2D eigenvalue weighted by Crippen LogP contribution is -2.41. The monoisotopic (exact) mass is 371 g/mol. The lowest BCUT2D eigenvalue weighted by Gasteiger charge is -2.29. The molecule has 8 heteroatoms. The zero-order valence-corrected chi connectivity index (χ0v) is 16.4. The van der Waals surface area contributed by atoms with Crippen LogP contribution < -0.4 is 5.32 Å². The molecule has 1 heterocycles. The lowest BCUT2D eigenvalue weighted by molar-refractivity contribution is -0.138. The van der Waals surface area contributed by atoms with Crippen molar-refractivity contribution in [1.82, 2.24) is 9.29 Å². The van der Waals surface area contributed by atoms with Crippen LogP contribution in [-0.2, 0) is 14.8 Å². The summed E-state index contributed by atoms with van der Waals surface area (Å²) in [6, 6.07) is 1.88. The number of hydrogen-bond donors (Lipinski definition) is 2. The van der Waals surface area contributed by atoms with Gasteiger partial charge >= 0.3 is 5.97 Å². The van der Waals surface area contributed by atoms with Crippen LogP contribution in [0.4, 0.5) is 5.82 Å². The van der Waals surface area contributed by atoms with Gasteiger partial charge < -0.3 is 10.4 Å². The number of carboxylic acids is 1. The van der Waals surface area contributed by atoms with E-state index in [0.717, 1.165) is 12.8 Å². The number of unbranched alkanes of at least 4 members (excludes halogenated alkanes) is 1. The van der Waals surface area contributed by atoms with E-state index >= 15 is 0 Å². The van der Waals surface area contributed by atoms with Gasteiger partial charge in [-0.2, -0.15) is 4.31 Å². The van der Waals surface area contributed by atoms with Crippen molar-refractivity contribution in [2.24, 2.45) is 0 Å². The highest BCUT2D eigenvalue weighted by Gasteiger charge is 2.29. The van der Waals surface area contributed by atoms with E-state index in [4.69, 9.17) is 0 Å². The number of nitrogens with one attached hydrogen (secondary N) is 1. The maximum atomic E-state index is 12.8. The molecule has 1 atom stereocenters. The van der Waals surface area contributed by atoms with Crippen LogP contribution >= 0.6 is 0 Å². The molecule has 142 valence electrons. The molecule has 0 aliphatic rings. The number of anilines is 1. The van der Waals surface area contributed by atoms with E-state index < -0.39 is 22.0 Å². The Hall–Kier alpha value is -1.67. The van der Waals surface area contributed by atoms with Gasteiger partial charge in [0.2, 0.25) is 10.0 Å². The Morgan fingerprint density at radius 1 is 1.24 bits per heavy atom. The predicted octanol–water partition coefficient (Wildman–Crippen LogP) is 2.94. The van der Waals surface area contributed by atoms with Crippen LogP contribution in [0.1, 0.15) is 53.9 Å². The molecule has 0 saturated carbocycles. The van der Waals surface area contributed by atoms with E-state index in [-0.39, 0.29) is 17.0 Å². The summed E-state index contributed by atoms with van der Waals surface area (Å²) < 4.78 is 27.0. The average Bonchev–Trinajstić information content (AvgIpc) is 2.50. The third kappa shape index (κ3) is 5.67. The van der Waals surface area contributed by atoms with Crippen molar-refractivity contribution in [2.45, 2.75) is 76.9 Å². The smallest absolute Gasteiger partial charge is 0.326 e. The largest absolute Gasteiger partial charge is 0.480 e. The second-order valence-corrected chi connectivity index (χ2v) is 8.42. The molecule has 0 saturated heterocycles. The Balaban J connectivity index is 3.00. The molecule has 1 aromatic heterocycles. The summed E-state index contributed by atoms with van der Waals surface area (Å²) in [5, 5.41) is 12.1. The fourth-order valence-electron chi connectivity index (χ4n) is 2.74. The number of sulfonamides is 1. The predicted molar refractivity (Wildman–Crippen MR) is 98.1 cm³/mol. The molecule has 1 unspecified atom stereocenters. The Kier molecular flexibility index (Phi) is 7.82. The molecule has 0 amide bonds. The van der Waals surface area contributed by atoms with Crippen molar-refractivity contribution < 1.29 is 18.3 Å². The minimum absolute atomic E-state index is 0.0980. The van der Waals surface area contributed by atoms with E-state index in [9.17, 15) is 18.3 Å². The number of carboxylic acid groups (broad SMARTS) is 1. The number of aromatic nitrogens is 1. The van der Waals surface area contributed by atoms with Gasteiger partial charge in [0.1, 0.15) is 16.8 Å². The SMILES string of the molecule is CCCCC(Nc1ccc(S(=O)(=O)N(C(C)C)C(C)C)cn1)C(=O)O. The van der Waals surface area contributed by atoms with E-state index in [1.165, 1.54) is 22.6 Å². The van der Waals surface area contributed by atoms with Gasteiger partial charge in [-0.1, -0.05) is 19.8 Å². The second kappa shape index (κ2) is 9.15. The molecule has 25 heavy (non-hydrogen) atoms. The quantitative estimate of drug-likeness (QED) is 0.656. The minimum atomic E-state index is -3.65. The number of nitrogens with zero attached hydrogens (tertiary/aromatic N) is 2. The van der Waals surface area contributed by atoms with Gasteiger partial charge in [0, 0.05) is 18.3 Å². The molecule has 7 nitrogen and oxygen atoms in total. The standard InChI is InChI=1S/C17H29N3O4S/c1-6-7-8-15(17(21)22)19-16-10-9-14(11-18-16)25(23,24)20(12(2)3)13(4)5/h9-13,15H,6-8H2,1-5H3,(H,18,19)(H,21,22). The number of aliphatic carboxylic acids is 1. The highest BCUT2D eigenvalue weighted by molar-refractivity contribution is 7.89. The molecule has 0 aliphatic heterocycles. The van der Waals surface area contributed by atoms with Crippen molar-refractivity contribution in [3.05, 3.63) is 18.3 Å². The normalized spacial score (nSPS) is 13.4. The lowest BCUT2D eigenvalue weighted by atomic mass is 10.1. The summed E-state index contributed by atoms with van der Waals surface area (Å²) in [6.45, 7) is 9.29. The van der Waals surface area contributed by atoms with Gasteiger partial charge in [-0.3, -0.25) is 0 Å². The zero-order valence-electron chi connectivity index (χ0n) is 15.6. The summed E-state index contributed by atoms with van der Waals surface area (Å²) in [6.07, 6.45) is 3.45. The van der Waals surface area contributed by atoms with E-state index in [1.807, 2.05) is 34.6 Å². The van der Waals surface area contributed by atoms with Gasteiger partial charge in [0.25, 0.3) is 0 Å². The second-order valence-electron chi connectivity index (χ2n) is 6.58. The average molecular weight is 372 g/mol. The summed E-state index contributed by atoms with van der Waals surface area (Å²) in [4.78, 5) is 15.5. The first-order valence-electron chi connectivity index (χ1n) is 8.60. The number of carbonyl (C=O) groups is 1. The molecule has 1 aromatic rings. The van der Waals surface area contributed by atoms with Gasteiger partial charge in [-0.25, -0.2) is 18.2 Å². The van der Waals surface area contributed by atoms with Crippen LogP contribution in [0.15, 0.2) is 23.2 Å². The third-order valence-electron chi connectivity index (χ3n) is 3.80. The van der Waals surface area contributed by atoms with Gasteiger partial charge in [0.15, 0.2) is 0 Å². The number of pyridine rings is 1. The summed E-state index contributed by atoms with van der Waals surface area (Å²) in [5.41, 5.74) is 0. The summed E-state index contributed by atoms with van der Waals surface area (Å²) in [5.74, 6) is -0.596. The Bertz CT molecular complexity index is 649. The van der Waals surface area contributed by atoms with Crippen LogP contribution in [0.25, 0.3) is 0 Å². The topological polar surface area (TPSA) is 99.6 Å². The van der Waals surface area contributed by atoms with E-state index in [0.29, 0.717) is 12.2 Å². The van der Waals surface area contributed by atoms with Crippen LogP contribution in [0.3, 0.4) is 0 Å². The van der Waals surface area contributed by atoms with Crippen molar-refractivity contribution in [3.63, 3.8) is 0 Å². The first kappa shape index (κ1) is 21.4. The molecular formula is C17H29N3O4S. The number of rotatable bonds is 10. The van der Waals surface area contributed by atoms with Crippen molar-refractivity contribution in [2.75, 3.05) is 5.32 Å². The van der Waals surface area contributed by atoms with E-state index in [1.54, 1.807) is 0 Å². The van der Waals surface area contributed by atoms with Crippen molar-refractivity contribution in [3.8, 4) is 0 Å². The molecule has 1 rings (SSSR count). The molecule has 2 N–H and O–H groups in total. The summed E-state index contributed by atoms with van der Waals surface area (Å²) in [7, 11) is -3.65. The first-order chi connectivity index (χ1) is 11.6. The third-order valence-corrected chi connectivity index (χ3v) is 6.03. The van der Waals surface area contributed by atoms with Gasteiger partial charge in [-0.05, 0) is 46.2 Å². The maximum absolute atomic E-state index is 12.8. The van der Waals surface area contributed by atoms with Crippen molar-refractivity contribution >= 4 is 21.8 Å². The molecular weight excluding hydrogens is 342 g/mol. The van der Waals surface area contributed by atoms with Crippen molar-refractivity contribution in [1.29, 1.82) is 0 Å². The van der Waals surface area contributed by atoms with Crippen LogP contribution in [-0.4, -0.2) is 46.9 Å². The highest BCUT2D eigenvalue weighted by atomic mass is 32.2. The molecule has 0 radical (unpaired) electrons. The first-order valence-corrected chi connectivity index (χ1v) is 10.0. The molecule has 0 bridgehead atoms. The summed E-state index contributed by atoms with van der Waals surface area (Å²) >= 11 is 0. The Labute approximate surface area is 150 Å². The van der Waals surface area contributed by atoms with Crippen LogP contribution in [0.5, 0.6) is 0 Å². The molecule has 0 spiro atoms. The Morgan fingerprint density at radius 2 is 1.84 bits per heavy atom. The van der Waals surface area contributed by atoms with Gasteiger partial charge in [0.05, 0.1) is 0 Å². The fraction of sp³-hybridized carbons (Fsp3) is 0.647. The highest BCUT2D eigenvalue weighted by Crippen LogP contribution is 2.21. The molecule has 0 aliphatic carbocycles. The Morgan fingerprint density at radius 3 is 2.24 bits per heavy atom. The fourth-order valence-corrected chi connectivity index (χ4v) is 4.52. The molecule has 0 fully saturated rings. The van der Waals surface area contributed by atoms with Crippen LogP contribution in [0, 0.1) is 0 Å². The maximum Gasteiger partial charge on any atom is 0.326 e. The van der Waals surface area contributed by atoms with Gasteiger partial charge in [-0.15, -0.1) is 0 Å². The zero-order chi connectivity index (χ0) is 19.2. The molecule has 0 aromatic carbocycles.